The van der Waals surface area contributed by atoms with Crippen LogP contribution in [0.1, 0.15) is 22.3 Å². The number of H-pyrrole nitrogens is 1. The number of fused-ring (bicyclic) bond motifs is 2. The Morgan fingerprint density at radius 3 is 3.16 bits per heavy atom. The molecule has 1 atom stereocenters. The largest absolute Gasteiger partial charge is 0.384 e. The molecule has 1 aliphatic rings. The average molecular weight is 271 g/mol. The predicted octanol–water partition coefficient (Wildman–Crippen LogP) is 1.84. The number of nitrogens with zero attached hydrogens (tertiary/aromatic N) is 2. The van der Waals surface area contributed by atoms with Crippen molar-refractivity contribution in [2.24, 2.45) is 0 Å². The lowest BCUT2D eigenvalue weighted by Crippen LogP contribution is -2.30. The van der Waals surface area contributed by atoms with Crippen LogP contribution in [0.4, 0.5) is 5.82 Å². The van der Waals surface area contributed by atoms with Gasteiger partial charge in [-0.2, -0.15) is 0 Å². The van der Waals surface area contributed by atoms with Gasteiger partial charge < -0.3 is 16.0 Å². The Kier molecular flexibility index (Phi) is 2.33. The summed E-state index contributed by atoms with van der Waals surface area (Å²) in [6, 6.07) is 6.01. The summed E-state index contributed by atoms with van der Waals surface area (Å²) in [6.07, 6.45) is 1.09. The van der Waals surface area contributed by atoms with E-state index in [0.717, 1.165) is 24.3 Å². The third-order valence-electron chi connectivity index (χ3n) is 3.45. The lowest BCUT2D eigenvalue weighted by atomic mass is 10.0. The molecule has 0 aromatic carbocycles. The monoisotopic (exact) mass is 271 g/mol. The number of imidazole rings is 1. The van der Waals surface area contributed by atoms with E-state index in [1.54, 1.807) is 6.07 Å². The minimum Gasteiger partial charge on any atom is -0.384 e. The van der Waals surface area contributed by atoms with Gasteiger partial charge in [0, 0.05) is 11.4 Å². The maximum atomic E-state index is 5.69. The molecule has 1 aliphatic heterocycles. The Hall–Kier alpha value is -1.92. The van der Waals surface area contributed by atoms with Crippen LogP contribution in [-0.2, 0) is 6.42 Å². The molecule has 4 rings (SSSR count). The van der Waals surface area contributed by atoms with Gasteiger partial charge >= 0.3 is 0 Å². The number of anilines is 1. The van der Waals surface area contributed by atoms with Crippen LogP contribution in [0.15, 0.2) is 23.6 Å². The quantitative estimate of drug-likeness (QED) is 0.631. The van der Waals surface area contributed by atoms with E-state index in [-0.39, 0.29) is 6.04 Å². The fourth-order valence-corrected chi connectivity index (χ4v) is 3.48. The van der Waals surface area contributed by atoms with Crippen molar-refractivity contribution in [1.29, 1.82) is 0 Å². The Morgan fingerprint density at radius 2 is 2.21 bits per heavy atom. The van der Waals surface area contributed by atoms with E-state index in [1.165, 1.54) is 10.4 Å². The van der Waals surface area contributed by atoms with Gasteiger partial charge in [0.25, 0.3) is 0 Å². The third kappa shape index (κ3) is 1.72. The topological polar surface area (TPSA) is 79.6 Å². The van der Waals surface area contributed by atoms with Crippen LogP contribution in [0.5, 0.6) is 0 Å². The molecule has 0 spiro atoms. The highest BCUT2D eigenvalue weighted by atomic mass is 32.1. The van der Waals surface area contributed by atoms with Gasteiger partial charge in [0.2, 0.25) is 0 Å². The second kappa shape index (κ2) is 4.04. The Morgan fingerprint density at radius 1 is 1.26 bits per heavy atom. The van der Waals surface area contributed by atoms with E-state index in [9.17, 15) is 0 Å². The fraction of sp³-hybridized carbons (Fsp3) is 0.231. The molecule has 4 N–H and O–H groups in total. The summed E-state index contributed by atoms with van der Waals surface area (Å²) in [5.41, 5.74) is 8.62. The first-order valence-electron chi connectivity index (χ1n) is 6.23. The molecule has 0 fully saturated rings. The smallest absolute Gasteiger partial charge is 0.179 e. The Balaban J connectivity index is 1.83. The van der Waals surface area contributed by atoms with Gasteiger partial charge in [0.05, 0.1) is 11.6 Å². The summed E-state index contributed by atoms with van der Waals surface area (Å²) in [6.45, 7) is 0.977. The lowest BCUT2D eigenvalue weighted by molar-refractivity contribution is 0.555. The first kappa shape index (κ1) is 11.0. The molecule has 0 radical (unpaired) electrons. The summed E-state index contributed by atoms with van der Waals surface area (Å²) in [4.78, 5) is 13.6. The molecular formula is C13H13N5S. The van der Waals surface area contributed by atoms with Crippen molar-refractivity contribution >= 4 is 28.3 Å². The number of rotatable bonds is 1. The molecule has 3 aromatic rings. The van der Waals surface area contributed by atoms with E-state index in [4.69, 9.17) is 5.73 Å². The Labute approximate surface area is 113 Å². The van der Waals surface area contributed by atoms with E-state index in [1.807, 2.05) is 17.4 Å². The number of hydrogen-bond donors (Lipinski definition) is 3. The van der Waals surface area contributed by atoms with Crippen LogP contribution in [0.25, 0.3) is 11.2 Å². The number of aromatic nitrogens is 3. The minimum absolute atomic E-state index is 0.130. The molecule has 96 valence electrons. The highest BCUT2D eigenvalue weighted by Gasteiger charge is 2.24. The van der Waals surface area contributed by atoms with Gasteiger partial charge in [-0.05, 0) is 35.6 Å². The number of pyridine rings is 1. The highest BCUT2D eigenvalue weighted by Crippen LogP contribution is 2.31. The van der Waals surface area contributed by atoms with E-state index < -0.39 is 0 Å². The molecule has 5 nitrogen and oxygen atoms in total. The van der Waals surface area contributed by atoms with Crippen molar-refractivity contribution in [1.82, 2.24) is 20.3 Å². The minimum atomic E-state index is 0.130. The van der Waals surface area contributed by atoms with Crippen LogP contribution in [-0.4, -0.2) is 21.5 Å². The van der Waals surface area contributed by atoms with E-state index >= 15 is 0 Å². The standard InChI is InChI=1S/C13H13N5S/c14-10-2-1-8-12(17-10)18-13(16-8)11-7-4-6-19-9(7)3-5-15-11/h1-2,4,6,11,15H,3,5H2,(H3,14,16,17,18). The van der Waals surface area contributed by atoms with Crippen molar-refractivity contribution in [2.75, 3.05) is 12.3 Å². The van der Waals surface area contributed by atoms with E-state index in [2.05, 4.69) is 31.7 Å². The normalized spacial score (nSPS) is 18.6. The first-order chi connectivity index (χ1) is 9.31. The zero-order valence-electron chi connectivity index (χ0n) is 10.2. The molecule has 0 bridgehead atoms. The van der Waals surface area contributed by atoms with Gasteiger partial charge in [-0.15, -0.1) is 11.3 Å². The van der Waals surface area contributed by atoms with Crippen LogP contribution in [0.3, 0.4) is 0 Å². The summed E-state index contributed by atoms with van der Waals surface area (Å²) >= 11 is 1.82. The zero-order valence-corrected chi connectivity index (χ0v) is 11.0. The molecule has 0 saturated heterocycles. The van der Waals surface area contributed by atoms with Crippen LogP contribution < -0.4 is 11.1 Å². The maximum absolute atomic E-state index is 5.69. The molecular weight excluding hydrogens is 258 g/mol. The number of thiophene rings is 1. The third-order valence-corrected chi connectivity index (χ3v) is 4.45. The van der Waals surface area contributed by atoms with E-state index in [0.29, 0.717) is 11.5 Å². The van der Waals surface area contributed by atoms with Crippen molar-refractivity contribution < 1.29 is 0 Å². The predicted molar refractivity (Wildman–Crippen MR) is 76.2 cm³/mol. The molecule has 3 aromatic heterocycles. The zero-order chi connectivity index (χ0) is 12.8. The summed E-state index contributed by atoms with van der Waals surface area (Å²) in [5, 5.41) is 5.65. The number of hydrogen-bond acceptors (Lipinski definition) is 5. The lowest BCUT2D eigenvalue weighted by Gasteiger charge is -2.22. The molecule has 0 saturated carbocycles. The van der Waals surface area contributed by atoms with Crippen molar-refractivity contribution in [3.05, 3.63) is 39.8 Å². The molecule has 6 heteroatoms. The molecule has 0 aliphatic carbocycles. The molecule has 1 unspecified atom stereocenters. The molecule has 0 amide bonds. The maximum Gasteiger partial charge on any atom is 0.179 e. The summed E-state index contributed by atoms with van der Waals surface area (Å²) in [5.74, 6) is 1.41. The van der Waals surface area contributed by atoms with Crippen molar-refractivity contribution in [3.8, 4) is 0 Å². The SMILES string of the molecule is Nc1ccc2[nH]c(C3NCCc4sccc43)nc2n1. The van der Waals surface area contributed by atoms with Crippen LogP contribution in [0.2, 0.25) is 0 Å². The first-order valence-corrected chi connectivity index (χ1v) is 7.11. The van der Waals surface area contributed by atoms with Crippen molar-refractivity contribution in [3.63, 3.8) is 0 Å². The number of nitrogen functional groups attached to an aromatic ring is 1. The van der Waals surface area contributed by atoms with Gasteiger partial charge in [0.15, 0.2) is 5.65 Å². The number of aromatic amines is 1. The second-order valence-corrected chi connectivity index (χ2v) is 5.67. The van der Waals surface area contributed by atoms with Crippen LogP contribution >= 0.6 is 11.3 Å². The molecule has 4 heterocycles. The van der Waals surface area contributed by atoms with Crippen molar-refractivity contribution in [2.45, 2.75) is 12.5 Å². The van der Waals surface area contributed by atoms with Gasteiger partial charge in [0.1, 0.15) is 11.6 Å². The highest BCUT2D eigenvalue weighted by molar-refractivity contribution is 7.10. The summed E-state index contributed by atoms with van der Waals surface area (Å²) in [7, 11) is 0. The summed E-state index contributed by atoms with van der Waals surface area (Å²) < 4.78 is 0. The van der Waals surface area contributed by atoms with Gasteiger partial charge in [-0.25, -0.2) is 9.97 Å². The van der Waals surface area contributed by atoms with Crippen LogP contribution in [0, 0.1) is 0 Å². The van der Waals surface area contributed by atoms with Gasteiger partial charge in [-0.3, -0.25) is 0 Å². The number of nitrogens with two attached hydrogens (primary N) is 1. The second-order valence-electron chi connectivity index (χ2n) is 4.67. The average Bonchev–Trinajstić information content (AvgIpc) is 3.03. The van der Waals surface area contributed by atoms with Gasteiger partial charge in [-0.1, -0.05) is 0 Å². The molecule has 19 heavy (non-hydrogen) atoms. The Bertz CT molecular complexity index is 744. The number of nitrogens with one attached hydrogen (secondary N) is 2. The fourth-order valence-electron chi connectivity index (χ4n) is 2.56.